The maximum atomic E-state index is 11.1. The summed E-state index contributed by atoms with van der Waals surface area (Å²) in [5.74, 6) is -1.47. The first-order valence-electron chi connectivity index (χ1n) is 8.55. The Bertz CT molecular complexity index is 1080. The van der Waals surface area contributed by atoms with Crippen LogP contribution in [0.25, 0.3) is 0 Å². The summed E-state index contributed by atoms with van der Waals surface area (Å²) >= 11 is 6.10. The molecule has 0 atom stereocenters. The molecule has 3 aromatic carbocycles. The lowest BCUT2D eigenvalue weighted by Gasteiger charge is -2.09. The van der Waals surface area contributed by atoms with Gasteiger partial charge in [0.15, 0.2) is 0 Å². The number of rotatable bonds is 7. The number of para-hydroxylation sites is 1. The molecule has 0 saturated carbocycles. The van der Waals surface area contributed by atoms with E-state index < -0.39 is 11.9 Å². The van der Waals surface area contributed by atoms with Crippen LogP contribution in [0.15, 0.2) is 71.7 Å². The predicted octanol–water partition coefficient (Wildman–Crippen LogP) is 5.07. The summed E-state index contributed by atoms with van der Waals surface area (Å²) in [6.45, 7) is 0.250. The van der Waals surface area contributed by atoms with Gasteiger partial charge in [0.2, 0.25) is 0 Å². The number of ether oxygens (including phenoxy) is 1. The van der Waals surface area contributed by atoms with E-state index in [9.17, 15) is 9.59 Å². The third-order valence-electron chi connectivity index (χ3n) is 4.05. The topological polar surface area (TPSA) is 96.2 Å². The van der Waals surface area contributed by atoms with Crippen LogP contribution < -0.4 is 4.74 Å². The molecule has 3 rings (SSSR count). The Morgan fingerprint density at radius 3 is 2.28 bits per heavy atom. The molecule has 29 heavy (non-hydrogen) atoms. The third-order valence-corrected chi connectivity index (χ3v) is 4.37. The van der Waals surface area contributed by atoms with Crippen LogP contribution in [0.2, 0.25) is 5.02 Å². The molecule has 0 aliphatic heterocycles. The van der Waals surface area contributed by atoms with E-state index in [4.69, 9.17) is 26.6 Å². The SMILES string of the molecule is O=C(O)c1ccc(COc2ccccc2C=Nc2cc(C(=O)O)ccc2Cl)cc1. The van der Waals surface area contributed by atoms with Crippen molar-refractivity contribution in [2.24, 2.45) is 4.99 Å². The van der Waals surface area contributed by atoms with E-state index in [1.54, 1.807) is 30.5 Å². The van der Waals surface area contributed by atoms with Gasteiger partial charge in [0.05, 0.1) is 21.8 Å². The van der Waals surface area contributed by atoms with Crippen molar-refractivity contribution in [3.63, 3.8) is 0 Å². The molecule has 0 aromatic heterocycles. The average Bonchev–Trinajstić information content (AvgIpc) is 2.72. The molecule has 0 spiro atoms. The van der Waals surface area contributed by atoms with Crippen LogP contribution in [0.5, 0.6) is 5.75 Å². The quantitative estimate of drug-likeness (QED) is 0.531. The maximum Gasteiger partial charge on any atom is 0.335 e. The van der Waals surface area contributed by atoms with Crippen molar-refractivity contribution in [3.8, 4) is 5.75 Å². The first kappa shape index (κ1) is 20.1. The van der Waals surface area contributed by atoms with Crippen molar-refractivity contribution in [2.75, 3.05) is 0 Å². The summed E-state index contributed by atoms with van der Waals surface area (Å²) in [5.41, 5.74) is 2.15. The van der Waals surface area contributed by atoms with Gasteiger partial charge in [-0.25, -0.2) is 9.59 Å². The minimum absolute atomic E-state index is 0.0934. The van der Waals surface area contributed by atoms with Crippen LogP contribution in [0.3, 0.4) is 0 Å². The van der Waals surface area contributed by atoms with E-state index in [1.807, 2.05) is 12.1 Å². The fraction of sp³-hybridized carbons (Fsp3) is 0.0455. The zero-order chi connectivity index (χ0) is 20.8. The molecule has 0 aliphatic rings. The largest absolute Gasteiger partial charge is 0.488 e. The lowest BCUT2D eigenvalue weighted by atomic mass is 10.1. The Morgan fingerprint density at radius 2 is 1.59 bits per heavy atom. The highest BCUT2D eigenvalue weighted by atomic mass is 35.5. The molecule has 2 N–H and O–H groups in total. The summed E-state index contributed by atoms with van der Waals surface area (Å²) in [4.78, 5) is 26.3. The number of aromatic carboxylic acids is 2. The maximum absolute atomic E-state index is 11.1. The number of carboxylic acids is 2. The second-order valence-electron chi connectivity index (χ2n) is 6.06. The monoisotopic (exact) mass is 409 g/mol. The van der Waals surface area contributed by atoms with Crippen molar-refractivity contribution in [3.05, 3.63) is 94.0 Å². The summed E-state index contributed by atoms with van der Waals surface area (Å²) in [5, 5.41) is 18.4. The van der Waals surface area contributed by atoms with Crippen molar-refractivity contribution in [1.82, 2.24) is 0 Å². The van der Waals surface area contributed by atoms with Crippen molar-refractivity contribution >= 4 is 35.4 Å². The number of nitrogens with zero attached hydrogens (tertiary/aromatic N) is 1. The molecule has 7 heteroatoms. The summed E-state index contributed by atoms with van der Waals surface area (Å²) in [7, 11) is 0. The number of aliphatic imine (C=N–C) groups is 1. The molecule has 0 fully saturated rings. The van der Waals surface area contributed by atoms with Crippen molar-refractivity contribution in [2.45, 2.75) is 6.61 Å². The van der Waals surface area contributed by atoms with Gasteiger partial charge in [0.25, 0.3) is 0 Å². The molecule has 0 unspecified atom stereocenters. The molecule has 0 amide bonds. The van der Waals surface area contributed by atoms with Crippen LogP contribution >= 0.6 is 11.6 Å². The average molecular weight is 410 g/mol. The second-order valence-corrected chi connectivity index (χ2v) is 6.47. The predicted molar refractivity (Wildman–Crippen MR) is 110 cm³/mol. The Kier molecular flexibility index (Phi) is 6.26. The van der Waals surface area contributed by atoms with Crippen LogP contribution in [0.4, 0.5) is 5.69 Å². The standard InChI is InChI=1S/C22H16ClNO5/c23-18-10-9-16(22(27)28)11-19(18)24-12-17-3-1-2-4-20(17)29-13-14-5-7-15(8-6-14)21(25)26/h1-12H,13H2,(H,25,26)(H,27,28). The van der Waals surface area contributed by atoms with E-state index in [0.717, 1.165) is 5.56 Å². The highest BCUT2D eigenvalue weighted by Gasteiger charge is 2.07. The van der Waals surface area contributed by atoms with Gasteiger partial charge in [-0.05, 0) is 48.0 Å². The van der Waals surface area contributed by atoms with Gasteiger partial charge in [-0.1, -0.05) is 35.9 Å². The third kappa shape index (κ3) is 5.21. The van der Waals surface area contributed by atoms with Gasteiger partial charge < -0.3 is 14.9 Å². The van der Waals surface area contributed by atoms with Gasteiger partial charge in [-0.15, -0.1) is 0 Å². The molecule has 0 saturated heterocycles. The van der Waals surface area contributed by atoms with E-state index >= 15 is 0 Å². The normalized spacial score (nSPS) is 10.8. The molecule has 0 heterocycles. The Hall–Kier alpha value is -3.64. The number of hydrogen-bond donors (Lipinski definition) is 2. The first-order chi connectivity index (χ1) is 13.9. The zero-order valence-corrected chi connectivity index (χ0v) is 15.8. The van der Waals surface area contributed by atoms with Gasteiger partial charge in [-0.2, -0.15) is 0 Å². The number of hydrogen-bond acceptors (Lipinski definition) is 4. The molecule has 6 nitrogen and oxygen atoms in total. The summed E-state index contributed by atoms with van der Waals surface area (Å²) in [6.07, 6.45) is 1.55. The Morgan fingerprint density at radius 1 is 0.931 bits per heavy atom. The number of benzene rings is 3. The minimum atomic E-state index is -1.06. The fourth-order valence-corrected chi connectivity index (χ4v) is 2.67. The number of halogens is 1. The van der Waals surface area contributed by atoms with Crippen molar-refractivity contribution in [1.29, 1.82) is 0 Å². The molecule has 0 bridgehead atoms. The lowest BCUT2D eigenvalue weighted by molar-refractivity contribution is 0.0686. The van der Waals surface area contributed by atoms with Gasteiger partial charge >= 0.3 is 11.9 Å². The molecule has 0 radical (unpaired) electrons. The van der Waals surface area contributed by atoms with E-state index in [2.05, 4.69) is 4.99 Å². The highest BCUT2D eigenvalue weighted by Crippen LogP contribution is 2.27. The summed E-state index contributed by atoms with van der Waals surface area (Å²) < 4.78 is 5.84. The van der Waals surface area contributed by atoms with Gasteiger partial charge in [0, 0.05) is 11.8 Å². The summed E-state index contributed by atoms with van der Waals surface area (Å²) in [6, 6.07) is 17.9. The minimum Gasteiger partial charge on any atom is -0.488 e. The second kappa shape index (κ2) is 9.03. The van der Waals surface area contributed by atoms with Crippen LogP contribution in [-0.2, 0) is 6.61 Å². The smallest absolute Gasteiger partial charge is 0.335 e. The number of carbonyl (C=O) groups is 2. The van der Waals surface area contributed by atoms with E-state index in [1.165, 1.54) is 30.3 Å². The van der Waals surface area contributed by atoms with Crippen LogP contribution in [0, 0.1) is 0 Å². The fourth-order valence-electron chi connectivity index (χ4n) is 2.51. The van der Waals surface area contributed by atoms with E-state index in [-0.39, 0.29) is 17.7 Å². The van der Waals surface area contributed by atoms with Crippen LogP contribution in [-0.4, -0.2) is 28.4 Å². The first-order valence-corrected chi connectivity index (χ1v) is 8.93. The molecular formula is C22H16ClNO5. The molecular weight excluding hydrogens is 394 g/mol. The van der Waals surface area contributed by atoms with E-state index in [0.29, 0.717) is 22.0 Å². The Labute approximate surface area is 171 Å². The highest BCUT2D eigenvalue weighted by molar-refractivity contribution is 6.33. The Balaban J connectivity index is 1.77. The zero-order valence-electron chi connectivity index (χ0n) is 15.1. The lowest BCUT2D eigenvalue weighted by Crippen LogP contribution is -2.00. The van der Waals surface area contributed by atoms with Gasteiger partial charge in [0.1, 0.15) is 12.4 Å². The number of carboxylic acid groups (broad SMARTS) is 2. The molecule has 146 valence electrons. The molecule has 0 aliphatic carbocycles. The van der Waals surface area contributed by atoms with Crippen LogP contribution in [0.1, 0.15) is 31.8 Å². The van der Waals surface area contributed by atoms with Gasteiger partial charge in [-0.3, -0.25) is 4.99 Å². The molecule has 3 aromatic rings. The van der Waals surface area contributed by atoms with Crippen molar-refractivity contribution < 1.29 is 24.5 Å².